The first-order valence-electron chi connectivity index (χ1n) is 6.24. The van der Waals surface area contributed by atoms with Crippen molar-refractivity contribution in [1.29, 1.82) is 0 Å². The Morgan fingerprint density at radius 2 is 1.77 bits per heavy atom. The number of hydrogen-bond acceptors (Lipinski definition) is 4. The smallest absolute Gasteiger partial charge is 0.338 e. The van der Waals surface area contributed by atoms with Crippen LogP contribution in [0.15, 0.2) is 42.5 Å². The van der Waals surface area contributed by atoms with E-state index in [-0.39, 0.29) is 5.02 Å². The first-order chi connectivity index (χ1) is 10.5. The number of anilines is 2. The fourth-order valence-corrected chi connectivity index (χ4v) is 1.97. The van der Waals surface area contributed by atoms with Crippen LogP contribution in [0.25, 0.3) is 0 Å². The lowest BCUT2D eigenvalue weighted by Crippen LogP contribution is -2.21. The van der Waals surface area contributed by atoms with Gasteiger partial charge in [0.25, 0.3) is 5.91 Å². The Hall–Kier alpha value is -2.24. The van der Waals surface area contributed by atoms with Gasteiger partial charge < -0.3 is 15.8 Å². The highest BCUT2D eigenvalue weighted by Crippen LogP contribution is 2.29. The molecule has 0 saturated heterocycles. The molecule has 2 aromatic rings. The van der Waals surface area contributed by atoms with Crippen LogP contribution in [0.1, 0.15) is 10.4 Å². The quantitative estimate of drug-likeness (QED) is 0.661. The number of ether oxygens (including phenoxy) is 1. The normalized spacial score (nSPS) is 10.1. The van der Waals surface area contributed by atoms with Crippen molar-refractivity contribution >= 4 is 46.5 Å². The number of rotatable bonds is 4. The molecule has 2 rings (SSSR count). The molecular weight excluding hydrogens is 327 g/mol. The maximum atomic E-state index is 11.8. The van der Waals surface area contributed by atoms with Crippen LogP contribution in [0.5, 0.6) is 0 Å². The second-order valence-electron chi connectivity index (χ2n) is 4.35. The SMILES string of the molecule is Nc1ccc(C(=O)OCC(=O)Nc2cccc(Cl)c2Cl)cc1. The summed E-state index contributed by atoms with van der Waals surface area (Å²) in [4.78, 5) is 23.5. The van der Waals surface area contributed by atoms with Gasteiger partial charge in [0.2, 0.25) is 0 Å². The molecule has 1 amide bonds. The molecule has 0 spiro atoms. The van der Waals surface area contributed by atoms with Crippen molar-refractivity contribution in [2.45, 2.75) is 0 Å². The molecule has 0 saturated carbocycles. The summed E-state index contributed by atoms with van der Waals surface area (Å²) in [5.41, 5.74) is 6.71. The van der Waals surface area contributed by atoms with E-state index in [4.69, 9.17) is 33.7 Å². The van der Waals surface area contributed by atoms with Crippen molar-refractivity contribution in [2.24, 2.45) is 0 Å². The Balaban J connectivity index is 1.91. The van der Waals surface area contributed by atoms with Crippen molar-refractivity contribution in [1.82, 2.24) is 0 Å². The lowest BCUT2D eigenvalue weighted by atomic mass is 10.2. The fourth-order valence-electron chi connectivity index (χ4n) is 1.62. The van der Waals surface area contributed by atoms with E-state index in [1.54, 1.807) is 30.3 Å². The number of carbonyl (C=O) groups is 2. The molecule has 114 valence electrons. The molecular formula is C15H12Cl2N2O3. The van der Waals surface area contributed by atoms with Gasteiger partial charge in [0.05, 0.1) is 21.3 Å². The number of nitrogen functional groups attached to an aromatic ring is 1. The van der Waals surface area contributed by atoms with Gasteiger partial charge in [-0.15, -0.1) is 0 Å². The van der Waals surface area contributed by atoms with Crippen molar-refractivity contribution < 1.29 is 14.3 Å². The first-order valence-corrected chi connectivity index (χ1v) is 6.99. The summed E-state index contributed by atoms with van der Waals surface area (Å²) < 4.78 is 4.90. The van der Waals surface area contributed by atoms with Gasteiger partial charge in [-0.1, -0.05) is 29.3 Å². The summed E-state index contributed by atoms with van der Waals surface area (Å²) >= 11 is 11.8. The van der Waals surface area contributed by atoms with Crippen molar-refractivity contribution in [2.75, 3.05) is 17.7 Å². The summed E-state index contributed by atoms with van der Waals surface area (Å²) in [6.07, 6.45) is 0. The molecule has 0 aliphatic carbocycles. The Morgan fingerprint density at radius 3 is 2.45 bits per heavy atom. The molecule has 0 radical (unpaired) electrons. The second kappa shape index (κ2) is 7.15. The zero-order chi connectivity index (χ0) is 16.1. The lowest BCUT2D eigenvalue weighted by Gasteiger charge is -2.09. The average molecular weight is 339 g/mol. The van der Waals surface area contributed by atoms with Gasteiger partial charge in [-0.3, -0.25) is 4.79 Å². The van der Waals surface area contributed by atoms with E-state index in [1.165, 1.54) is 12.1 Å². The van der Waals surface area contributed by atoms with E-state index in [0.29, 0.717) is 22.0 Å². The Labute approximate surface area is 137 Å². The van der Waals surface area contributed by atoms with Crippen LogP contribution in [-0.4, -0.2) is 18.5 Å². The van der Waals surface area contributed by atoms with Gasteiger partial charge >= 0.3 is 5.97 Å². The van der Waals surface area contributed by atoms with Gasteiger partial charge in [-0.05, 0) is 36.4 Å². The minimum absolute atomic E-state index is 0.224. The molecule has 3 N–H and O–H groups in total. The molecule has 0 fully saturated rings. The molecule has 0 heterocycles. The van der Waals surface area contributed by atoms with Crippen LogP contribution in [0.3, 0.4) is 0 Å². The number of hydrogen-bond donors (Lipinski definition) is 2. The predicted molar refractivity (Wildman–Crippen MR) is 86.2 cm³/mol. The first kappa shape index (κ1) is 16.1. The summed E-state index contributed by atoms with van der Waals surface area (Å²) in [7, 11) is 0. The Bertz CT molecular complexity index is 702. The number of amides is 1. The van der Waals surface area contributed by atoms with Gasteiger partial charge in [0.15, 0.2) is 6.61 Å². The minimum atomic E-state index is -0.618. The topological polar surface area (TPSA) is 81.4 Å². The van der Waals surface area contributed by atoms with E-state index in [9.17, 15) is 9.59 Å². The molecule has 2 aromatic carbocycles. The number of esters is 1. The van der Waals surface area contributed by atoms with Crippen LogP contribution in [0, 0.1) is 0 Å². The molecule has 0 unspecified atom stereocenters. The fraction of sp³-hybridized carbons (Fsp3) is 0.0667. The summed E-state index contributed by atoms with van der Waals surface area (Å²) in [6, 6.07) is 11.0. The zero-order valence-electron chi connectivity index (χ0n) is 11.3. The maximum Gasteiger partial charge on any atom is 0.338 e. The third kappa shape index (κ3) is 4.13. The van der Waals surface area contributed by atoms with E-state index in [0.717, 1.165) is 0 Å². The highest BCUT2D eigenvalue weighted by atomic mass is 35.5. The standard InChI is InChI=1S/C15H12Cl2N2O3/c16-11-2-1-3-12(14(11)17)19-13(20)8-22-15(21)9-4-6-10(18)7-5-9/h1-7H,8,18H2,(H,19,20). The van der Waals surface area contributed by atoms with Crippen LogP contribution in [0.2, 0.25) is 10.0 Å². The van der Waals surface area contributed by atoms with Gasteiger partial charge in [-0.2, -0.15) is 0 Å². The van der Waals surface area contributed by atoms with Crippen LogP contribution in [-0.2, 0) is 9.53 Å². The number of halogens is 2. The molecule has 0 aromatic heterocycles. The van der Waals surface area contributed by atoms with E-state index in [2.05, 4.69) is 5.32 Å². The molecule has 7 heteroatoms. The van der Waals surface area contributed by atoms with E-state index < -0.39 is 18.5 Å². The summed E-state index contributed by atoms with van der Waals surface area (Å²) in [6.45, 7) is -0.438. The van der Waals surface area contributed by atoms with Crippen molar-refractivity contribution in [3.05, 3.63) is 58.1 Å². The van der Waals surface area contributed by atoms with Crippen molar-refractivity contribution in [3.63, 3.8) is 0 Å². The van der Waals surface area contributed by atoms with Crippen LogP contribution < -0.4 is 11.1 Å². The summed E-state index contributed by atoms with van der Waals surface area (Å²) in [5, 5.41) is 3.06. The van der Waals surface area contributed by atoms with Crippen molar-refractivity contribution in [3.8, 4) is 0 Å². The zero-order valence-corrected chi connectivity index (χ0v) is 12.8. The maximum absolute atomic E-state index is 11.8. The van der Waals surface area contributed by atoms with Gasteiger partial charge in [0, 0.05) is 5.69 Å². The lowest BCUT2D eigenvalue weighted by molar-refractivity contribution is -0.119. The highest BCUT2D eigenvalue weighted by molar-refractivity contribution is 6.44. The third-order valence-corrected chi connectivity index (χ3v) is 3.53. The molecule has 5 nitrogen and oxygen atoms in total. The number of carbonyl (C=O) groups excluding carboxylic acids is 2. The summed E-state index contributed by atoms with van der Waals surface area (Å²) in [5.74, 6) is -1.14. The Kier molecular flexibility index (Phi) is 5.25. The monoisotopic (exact) mass is 338 g/mol. The average Bonchev–Trinajstić information content (AvgIpc) is 2.50. The van der Waals surface area contributed by atoms with E-state index >= 15 is 0 Å². The third-order valence-electron chi connectivity index (χ3n) is 2.71. The second-order valence-corrected chi connectivity index (χ2v) is 5.13. The van der Waals surface area contributed by atoms with E-state index in [1.807, 2.05) is 0 Å². The van der Waals surface area contributed by atoms with Gasteiger partial charge in [0.1, 0.15) is 0 Å². The minimum Gasteiger partial charge on any atom is -0.452 e. The highest BCUT2D eigenvalue weighted by Gasteiger charge is 2.12. The number of nitrogens with one attached hydrogen (secondary N) is 1. The molecule has 0 bridgehead atoms. The molecule has 22 heavy (non-hydrogen) atoms. The molecule has 0 aliphatic heterocycles. The molecule has 0 atom stereocenters. The molecule has 0 aliphatic rings. The number of benzene rings is 2. The predicted octanol–water partition coefficient (Wildman–Crippen LogP) is 3.37. The Morgan fingerprint density at radius 1 is 1.09 bits per heavy atom. The number of nitrogens with two attached hydrogens (primary N) is 1. The van der Waals surface area contributed by atoms with Crippen LogP contribution in [0.4, 0.5) is 11.4 Å². The largest absolute Gasteiger partial charge is 0.452 e. The van der Waals surface area contributed by atoms with Crippen LogP contribution >= 0.6 is 23.2 Å². The van der Waals surface area contributed by atoms with Gasteiger partial charge in [-0.25, -0.2) is 4.79 Å².